The fourth-order valence-corrected chi connectivity index (χ4v) is 3.77. The van der Waals surface area contributed by atoms with Gasteiger partial charge in [-0.3, -0.25) is 4.79 Å². The van der Waals surface area contributed by atoms with Crippen LogP contribution in [-0.4, -0.2) is 25.1 Å². The summed E-state index contributed by atoms with van der Waals surface area (Å²) in [5.74, 6) is 0.708. The number of aromatic amines is 1. The van der Waals surface area contributed by atoms with Gasteiger partial charge in [0.2, 0.25) is 5.91 Å². The molecule has 5 nitrogen and oxygen atoms in total. The van der Waals surface area contributed by atoms with E-state index in [2.05, 4.69) is 10.3 Å². The summed E-state index contributed by atoms with van der Waals surface area (Å²) in [6, 6.07) is 10.0. The molecule has 0 spiro atoms. The fraction of sp³-hybridized carbons (Fsp3) is 0.286. The van der Waals surface area contributed by atoms with Gasteiger partial charge in [-0.2, -0.15) is 0 Å². The van der Waals surface area contributed by atoms with Gasteiger partial charge in [0.1, 0.15) is 5.82 Å². The number of aryl methyl sites for hydroxylation is 1. The zero-order valence-electron chi connectivity index (χ0n) is 15.3. The van der Waals surface area contributed by atoms with E-state index in [1.807, 2.05) is 0 Å². The number of nitrogens with one attached hydrogen (secondary N) is 2. The zero-order valence-corrected chi connectivity index (χ0v) is 15.3. The normalized spacial score (nSPS) is 16.0. The molecule has 1 aliphatic carbocycles. The Morgan fingerprint density at radius 2 is 1.96 bits per heavy atom. The van der Waals surface area contributed by atoms with E-state index in [-0.39, 0.29) is 17.6 Å². The molecular weight excluding hydrogens is 347 g/mol. The second-order valence-corrected chi connectivity index (χ2v) is 6.77. The Morgan fingerprint density at radius 3 is 2.74 bits per heavy atom. The number of carbonyl (C=O) groups excluding carboxylic acids is 1. The van der Waals surface area contributed by atoms with Crippen LogP contribution in [-0.2, 0) is 17.6 Å². The van der Waals surface area contributed by atoms with Crippen LogP contribution in [0.15, 0.2) is 36.4 Å². The molecule has 0 radical (unpaired) electrons. The minimum Gasteiger partial charge on any atom is -0.493 e. The van der Waals surface area contributed by atoms with Crippen molar-refractivity contribution in [2.45, 2.75) is 19.3 Å². The summed E-state index contributed by atoms with van der Waals surface area (Å²) in [6.07, 6.45) is 2.12. The monoisotopic (exact) mass is 368 g/mol. The van der Waals surface area contributed by atoms with Gasteiger partial charge in [0, 0.05) is 34.3 Å². The quantitative estimate of drug-likeness (QED) is 0.730. The van der Waals surface area contributed by atoms with Crippen molar-refractivity contribution >= 4 is 22.5 Å². The van der Waals surface area contributed by atoms with Crippen LogP contribution in [0.1, 0.15) is 17.7 Å². The summed E-state index contributed by atoms with van der Waals surface area (Å²) in [5.41, 5.74) is 3.73. The topological polar surface area (TPSA) is 63.3 Å². The lowest BCUT2D eigenvalue weighted by Gasteiger charge is -2.22. The molecule has 3 aromatic rings. The Labute approximate surface area is 156 Å². The minimum atomic E-state index is -0.263. The van der Waals surface area contributed by atoms with Crippen LogP contribution < -0.4 is 14.8 Å². The molecule has 0 saturated heterocycles. The van der Waals surface area contributed by atoms with Crippen molar-refractivity contribution in [3.8, 4) is 11.5 Å². The first-order valence-corrected chi connectivity index (χ1v) is 8.91. The maximum Gasteiger partial charge on any atom is 0.227 e. The van der Waals surface area contributed by atoms with Gasteiger partial charge in [0.25, 0.3) is 0 Å². The first kappa shape index (κ1) is 17.4. The largest absolute Gasteiger partial charge is 0.493 e. The molecule has 2 N–H and O–H groups in total. The lowest BCUT2D eigenvalue weighted by molar-refractivity contribution is -0.120. The third-order valence-electron chi connectivity index (χ3n) is 5.17. The second-order valence-electron chi connectivity index (χ2n) is 6.77. The highest BCUT2D eigenvalue weighted by molar-refractivity contribution is 5.94. The summed E-state index contributed by atoms with van der Waals surface area (Å²) in [7, 11) is 3.13. The number of ether oxygens (including phenoxy) is 2. The third-order valence-corrected chi connectivity index (χ3v) is 5.17. The molecule has 1 heterocycles. The predicted molar refractivity (Wildman–Crippen MR) is 102 cm³/mol. The number of halogens is 1. The van der Waals surface area contributed by atoms with Crippen LogP contribution in [0.2, 0.25) is 0 Å². The summed E-state index contributed by atoms with van der Waals surface area (Å²) in [5, 5.41) is 3.83. The van der Waals surface area contributed by atoms with Crippen LogP contribution >= 0.6 is 0 Å². The number of carbonyl (C=O) groups is 1. The number of aromatic nitrogens is 1. The fourth-order valence-electron chi connectivity index (χ4n) is 3.77. The van der Waals surface area contributed by atoms with Crippen molar-refractivity contribution < 1.29 is 18.7 Å². The molecule has 1 atom stereocenters. The molecule has 0 fully saturated rings. The lowest BCUT2D eigenvalue weighted by atomic mass is 9.85. The number of anilines is 1. The molecule has 1 amide bonds. The number of hydrogen-bond donors (Lipinski definition) is 2. The number of rotatable bonds is 4. The number of hydrogen-bond acceptors (Lipinski definition) is 3. The van der Waals surface area contributed by atoms with E-state index in [4.69, 9.17) is 9.47 Å². The maximum absolute atomic E-state index is 13.6. The van der Waals surface area contributed by atoms with E-state index >= 15 is 0 Å². The van der Waals surface area contributed by atoms with Gasteiger partial charge in [-0.05, 0) is 55.2 Å². The average molecular weight is 368 g/mol. The van der Waals surface area contributed by atoms with Crippen LogP contribution in [0.4, 0.5) is 10.1 Å². The molecule has 1 unspecified atom stereocenters. The van der Waals surface area contributed by atoms with Crippen molar-refractivity contribution in [1.29, 1.82) is 0 Å². The van der Waals surface area contributed by atoms with Gasteiger partial charge in [0.05, 0.1) is 14.2 Å². The van der Waals surface area contributed by atoms with E-state index in [1.165, 1.54) is 6.07 Å². The van der Waals surface area contributed by atoms with E-state index in [9.17, 15) is 9.18 Å². The van der Waals surface area contributed by atoms with Crippen molar-refractivity contribution in [1.82, 2.24) is 4.98 Å². The van der Waals surface area contributed by atoms with Crippen LogP contribution in [0, 0.1) is 11.7 Å². The smallest absolute Gasteiger partial charge is 0.227 e. The standard InChI is InChI=1S/C21H21FN2O3/c1-26-19-8-5-14(11-20(19)27-2)23-21(25)12-3-6-17-15(9-12)16-10-13(22)4-7-18(16)24-17/h4-5,7-8,10-12,24H,3,6,9H2,1-2H3,(H,23,25). The van der Waals surface area contributed by atoms with Crippen molar-refractivity contribution in [2.75, 3.05) is 19.5 Å². The van der Waals surface area contributed by atoms with Gasteiger partial charge in [-0.25, -0.2) is 4.39 Å². The SMILES string of the molecule is COc1ccc(NC(=O)C2CCc3[nH]c4ccc(F)cc4c3C2)cc1OC. The molecule has 1 aromatic heterocycles. The maximum atomic E-state index is 13.6. The van der Waals surface area contributed by atoms with Crippen LogP contribution in [0.3, 0.4) is 0 Å². The Bertz CT molecular complexity index is 1010. The molecule has 6 heteroatoms. The lowest BCUT2D eigenvalue weighted by Crippen LogP contribution is -2.28. The van der Waals surface area contributed by atoms with Gasteiger partial charge < -0.3 is 19.8 Å². The molecular formula is C21H21FN2O3. The highest BCUT2D eigenvalue weighted by Crippen LogP contribution is 2.34. The molecule has 0 saturated carbocycles. The third kappa shape index (κ3) is 3.23. The number of benzene rings is 2. The Hall–Kier alpha value is -3.02. The molecule has 0 bridgehead atoms. The molecule has 1 aliphatic rings. The molecule has 140 valence electrons. The van der Waals surface area contributed by atoms with E-state index in [0.717, 1.165) is 35.0 Å². The van der Waals surface area contributed by atoms with Gasteiger partial charge in [-0.1, -0.05) is 0 Å². The molecule has 27 heavy (non-hydrogen) atoms. The molecule has 4 rings (SSSR count). The summed E-state index contributed by atoms with van der Waals surface area (Å²) >= 11 is 0. The van der Waals surface area contributed by atoms with Gasteiger partial charge in [-0.15, -0.1) is 0 Å². The second kappa shape index (κ2) is 6.95. The highest BCUT2D eigenvalue weighted by Gasteiger charge is 2.27. The van der Waals surface area contributed by atoms with Gasteiger partial charge in [0.15, 0.2) is 11.5 Å². The summed E-state index contributed by atoms with van der Waals surface area (Å²) < 4.78 is 24.2. The number of methoxy groups -OCH3 is 2. The predicted octanol–water partition coefficient (Wildman–Crippen LogP) is 4.07. The zero-order chi connectivity index (χ0) is 19.0. The summed E-state index contributed by atoms with van der Waals surface area (Å²) in [4.78, 5) is 16.1. The molecule has 2 aromatic carbocycles. The van der Waals surface area contributed by atoms with Crippen LogP contribution in [0.25, 0.3) is 10.9 Å². The Balaban J connectivity index is 1.54. The highest BCUT2D eigenvalue weighted by atomic mass is 19.1. The number of fused-ring (bicyclic) bond motifs is 3. The first-order chi connectivity index (χ1) is 13.1. The van der Waals surface area contributed by atoms with Gasteiger partial charge >= 0.3 is 0 Å². The number of amides is 1. The van der Waals surface area contributed by atoms with Crippen molar-refractivity contribution in [3.63, 3.8) is 0 Å². The molecule has 0 aliphatic heterocycles. The van der Waals surface area contributed by atoms with Crippen LogP contribution in [0.5, 0.6) is 11.5 Å². The Kier molecular flexibility index (Phi) is 4.48. The van der Waals surface area contributed by atoms with E-state index in [1.54, 1.807) is 44.6 Å². The average Bonchev–Trinajstić information content (AvgIpc) is 3.04. The number of H-pyrrole nitrogens is 1. The first-order valence-electron chi connectivity index (χ1n) is 8.91. The minimum absolute atomic E-state index is 0.0429. The van der Waals surface area contributed by atoms with E-state index in [0.29, 0.717) is 23.6 Å². The van der Waals surface area contributed by atoms with Crippen molar-refractivity contribution in [2.24, 2.45) is 5.92 Å². The van der Waals surface area contributed by atoms with Crippen molar-refractivity contribution in [3.05, 3.63) is 53.5 Å². The van der Waals surface area contributed by atoms with E-state index < -0.39 is 0 Å². The summed E-state index contributed by atoms with van der Waals surface area (Å²) in [6.45, 7) is 0. The Morgan fingerprint density at radius 1 is 1.15 bits per heavy atom.